The van der Waals surface area contributed by atoms with E-state index in [4.69, 9.17) is 0 Å². The number of nitrogens with zero attached hydrogens (tertiary/aromatic N) is 1. The molecule has 0 saturated carbocycles. The Kier molecular flexibility index (Phi) is 4.63. The van der Waals surface area contributed by atoms with E-state index in [2.05, 4.69) is 5.32 Å². The molecule has 0 unspecified atom stereocenters. The number of rotatable bonds is 3. The van der Waals surface area contributed by atoms with Gasteiger partial charge in [-0.1, -0.05) is 48.5 Å². The SMILES string of the molecule is O=C(NCc1ccccc1)N1CCS[C@H]1c1ccccc1F. The third kappa shape index (κ3) is 3.25. The Balaban J connectivity index is 1.68. The molecule has 0 aliphatic carbocycles. The Bertz CT molecular complexity index is 650. The van der Waals surface area contributed by atoms with E-state index >= 15 is 0 Å². The van der Waals surface area contributed by atoms with Crippen molar-refractivity contribution in [1.82, 2.24) is 10.2 Å². The summed E-state index contributed by atoms with van der Waals surface area (Å²) >= 11 is 1.59. The minimum Gasteiger partial charge on any atom is -0.334 e. The number of halogens is 1. The monoisotopic (exact) mass is 316 g/mol. The van der Waals surface area contributed by atoms with Crippen LogP contribution in [0.1, 0.15) is 16.5 Å². The Morgan fingerprint density at radius 2 is 1.91 bits per heavy atom. The van der Waals surface area contributed by atoms with E-state index in [9.17, 15) is 9.18 Å². The predicted molar refractivity (Wildman–Crippen MR) is 87.0 cm³/mol. The maximum Gasteiger partial charge on any atom is 0.318 e. The quantitative estimate of drug-likeness (QED) is 0.934. The molecule has 2 aromatic rings. The summed E-state index contributed by atoms with van der Waals surface area (Å²) < 4.78 is 14.0. The molecule has 3 rings (SSSR count). The summed E-state index contributed by atoms with van der Waals surface area (Å²) in [6.07, 6.45) is 0. The lowest BCUT2D eigenvalue weighted by atomic mass is 10.2. The first-order chi connectivity index (χ1) is 10.8. The van der Waals surface area contributed by atoms with Crippen molar-refractivity contribution in [3.8, 4) is 0 Å². The molecule has 0 bridgehead atoms. The maximum atomic E-state index is 14.0. The fraction of sp³-hybridized carbons (Fsp3) is 0.235. The number of thioether (sulfide) groups is 1. The first kappa shape index (κ1) is 14.9. The minimum absolute atomic E-state index is 0.151. The molecule has 1 saturated heterocycles. The van der Waals surface area contributed by atoms with E-state index in [1.54, 1.807) is 34.9 Å². The number of carbonyl (C=O) groups excluding carboxylic acids is 1. The number of urea groups is 1. The van der Waals surface area contributed by atoms with Crippen LogP contribution in [0, 0.1) is 5.82 Å². The molecule has 0 aromatic heterocycles. The number of hydrogen-bond donors (Lipinski definition) is 1. The molecule has 1 atom stereocenters. The molecule has 1 heterocycles. The first-order valence-electron chi connectivity index (χ1n) is 7.20. The summed E-state index contributed by atoms with van der Waals surface area (Å²) in [5, 5.41) is 2.66. The summed E-state index contributed by atoms with van der Waals surface area (Å²) in [5.41, 5.74) is 1.62. The molecular weight excluding hydrogens is 299 g/mol. The summed E-state index contributed by atoms with van der Waals surface area (Å²) in [5.74, 6) is 0.556. The zero-order valence-corrected chi connectivity index (χ0v) is 12.9. The third-order valence-electron chi connectivity index (χ3n) is 3.61. The fourth-order valence-electron chi connectivity index (χ4n) is 2.49. The molecule has 1 aliphatic rings. The van der Waals surface area contributed by atoms with Crippen molar-refractivity contribution in [2.24, 2.45) is 0 Å². The minimum atomic E-state index is -0.261. The normalized spacial score (nSPS) is 17.5. The van der Waals surface area contributed by atoms with Gasteiger partial charge in [0, 0.05) is 24.4 Å². The highest BCUT2D eigenvalue weighted by Crippen LogP contribution is 2.38. The van der Waals surface area contributed by atoms with Crippen LogP contribution >= 0.6 is 11.8 Å². The van der Waals surface area contributed by atoms with Gasteiger partial charge < -0.3 is 10.2 Å². The van der Waals surface area contributed by atoms with E-state index in [1.165, 1.54) is 6.07 Å². The van der Waals surface area contributed by atoms with Crippen molar-refractivity contribution >= 4 is 17.8 Å². The molecule has 1 aliphatic heterocycles. The van der Waals surface area contributed by atoms with Crippen LogP contribution in [0.15, 0.2) is 54.6 Å². The van der Waals surface area contributed by atoms with Crippen LogP contribution in [0.5, 0.6) is 0 Å². The molecule has 2 aromatic carbocycles. The third-order valence-corrected chi connectivity index (χ3v) is 4.85. The van der Waals surface area contributed by atoms with Crippen LogP contribution in [-0.2, 0) is 6.54 Å². The molecule has 22 heavy (non-hydrogen) atoms. The summed E-state index contributed by atoms with van der Waals surface area (Å²) in [6, 6.07) is 16.3. The van der Waals surface area contributed by atoms with Crippen LogP contribution in [0.2, 0.25) is 0 Å². The molecule has 2 amide bonds. The Morgan fingerprint density at radius 3 is 2.68 bits per heavy atom. The van der Waals surface area contributed by atoms with Crippen molar-refractivity contribution in [3.63, 3.8) is 0 Å². The number of carbonyl (C=O) groups is 1. The average molecular weight is 316 g/mol. The van der Waals surface area contributed by atoms with Crippen LogP contribution in [-0.4, -0.2) is 23.2 Å². The van der Waals surface area contributed by atoms with Gasteiger partial charge in [0.1, 0.15) is 11.2 Å². The van der Waals surface area contributed by atoms with Gasteiger partial charge in [0.2, 0.25) is 0 Å². The van der Waals surface area contributed by atoms with Crippen LogP contribution < -0.4 is 5.32 Å². The second-order valence-corrected chi connectivity index (χ2v) is 6.27. The van der Waals surface area contributed by atoms with Crippen molar-refractivity contribution in [2.75, 3.05) is 12.3 Å². The lowest BCUT2D eigenvalue weighted by Crippen LogP contribution is -2.39. The standard InChI is InChI=1S/C17H17FN2OS/c18-15-9-5-4-8-14(15)16-20(10-11-22-16)17(21)19-12-13-6-2-1-3-7-13/h1-9,16H,10-12H2,(H,19,21)/t16-/m0/s1. The Hall–Kier alpha value is -2.01. The van der Waals surface area contributed by atoms with Gasteiger partial charge in [-0.3, -0.25) is 0 Å². The highest BCUT2D eigenvalue weighted by molar-refractivity contribution is 7.99. The number of nitrogens with one attached hydrogen (secondary N) is 1. The first-order valence-corrected chi connectivity index (χ1v) is 8.25. The number of amides is 2. The second-order valence-electron chi connectivity index (χ2n) is 5.08. The van der Waals surface area contributed by atoms with Crippen molar-refractivity contribution in [3.05, 3.63) is 71.5 Å². The smallest absolute Gasteiger partial charge is 0.318 e. The molecular formula is C17H17FN2OS. The molecule has 1 N–H and O–H groups in total. The zero-order chi connectivity index (χ0) is 15.4. The van der Waals surface area contributed by atoms with E-state index in [0.29, 0.717) is 18.7 Å². The lowest BCUT2D eigenvalue weighted by Gasteiger charge is -2.24. The lowest BCUT2D eigenvalue weighted by molar-refractivity contribution is 0.199. The molecule has 0 radical (unpaired) electrons. The fourth-order valence-corrected chi connectivity index (χ4v) is 3.76. The van der Waals surface area contributed by atoms with Gasteiger partial charge in [-0.2, -0.15) is 0 Å². The highest BCUT2D eigenvalue weighted by Gasteiger charge is 2.32. The van der Waals surface area contributed by atoms with E-state index in [-0.39, 0.29) is 17.2 Å². The van der Waals surface area contributed by atoms with Crippen molar-refractivity contribution in [2.45, 2.75) is 11.9 Å². The average Bonchev–Trinajstić information content (AvgIpc) is 3.03. The second kappa shape index (κ2) is 6.83. The van der Waals surface area contributed by atoms with Gasteiger partial charge in [0.15, 0.2) is 0 Å². The van der Waals surface area contributed by atoms with E-state index in [0.717, 1.165) is 11.3 Å². The van der Waals surface area contributed by atoms with Crippen LogP contribution in [0.3, 0.4) is 0 Å². The Labute approximate surface area is 133 Å². The zero-order valence-electron chi connectivity index (χ0n) is 12.0. The molecule has 5 heteroatoms. The van der Waals surface area contributed by atoms with Gasteiger partial charge in [-0.25, -0.2) is 9.18 Å². The predicted octanol–water partition coefficient (Wildman–Crippen LogP) is 3.78. The topological polar surface area (TPSA) is 32.3 Å². The van der Waals surface area contributed by atoms with Gasteiger partial charge in [-0.15, -0.1) is 11.8 Å². The van der Waals surface area contributed by atoms with Crippen molar-refractivity contribution in [1.29, 1.82) is 0 Å². The van der Waals surface area contributed by atoms with Gasteiger partial charge >= 0.3 is 6.03 Å². The summed E-state index contributed by atoms with van der Waals surface area (Å²) in [4.78, 5) is 14.1. The molecule has 114 valence electrons. The summed E-state index contributed by atoms with van der Waals surface area (Å²) in [7, 11) is 0. The van der Waals surface area contributed by atoms with Crippen LogP contribution in [0.25, 0.3) is 0 Å². The van der Waals surface area contributed by atoms with Crippen LogP contribution in [0.4, 0.5) is 9.18 Å². The molecule has 1 fully saturated rings. The van der Waals surface area contributed by atoms with Gasteiger partial charge in [0.25, 0.3) is 0 Å². The number of hydrogen-bond acceptors (Lipinski definition) is 2. The summed E-state index contributed by atoms with van der Waals surface area (Å²) in [6.45, 7) is 1.11. The van der Waals surface area contributed by atoms with Gasteiger partial charge in [0.05, 0.1) is 0 Å². The molecule has 3 nitrogen and oxygen atoms in total. The van der Waals surface area contributed by atoms with E-state index < -0.39 is 0 Å². The van der Waals surface area contributed by atoms with Crippen molar-refractivity contribution < 1.29 is 9.18 Å². The number of benzene rings is 2. The molecule has 0 spiro atoms. The highest BCUT2D eigenvalue weighted by atomic mass is 32.2. The van der Waals surface area contributed by atoms with Gasteiger partial charge in [-0.05, 0) is 11.6 Å². The maximum absolute atomic E-state index is 14.0. The van der Waals surface area contributed by atoms with E-state index in [1.807, 2.05) is 30.3 Å². The largest absolute Gasteiger partial charge is 0.334 e. The Morgan fingerprint density at radius 1 is 1.18 bits per heavy atom.